The molecule has 4 heteroatoms. The minimum absolute atomic E-state index is 0.0346. The summed E-state index contributed by atoms with van der Waals surface area (Å²) in [7, 11) is 0.0738. The molecular formula is C18H32O3Si. The van der Waals surface area contributed by atoms with Crippen LogP contribution in [0.2, 0.25) is 19.1 Å². The van der Waals surface area contributed by atoms with E-state index >= 15 is 0 Å². The normalized spacial score (nSPS) is 46.7. The summed E-state index contributed by atoms with van der Waals surface area (Å²) in [5.41, 5.74) is 0.617. The highest BCUT2D eigenvalue weighted by Gasteiger charge is 2.61. The molecule has 0 N–H and O–H groups in total. The third-order valence-electron chi connectivity index (χ3n) is 7.45. The molecule has 0 spiro atoms. The second-order valence-electron chi connectivity index (χ2n) is 9.11. The standard InChI is InChI=1S/C18H32O3Si/c1-17-9-8-14-11-22(4,5)21-12-18(14,2)15(17)7-6-13(17)10-16(19)20-3/h13-15H,6-12H2,1-5H3/t13-,14-,15-,17-,18-/m1/s1. The van der Waals surface area contributed by atoms with Gasteiger partial charge in [-0.1, -0.05) is 13.8 Å². The largest absolute Gasteiger partial charge is 0.469 e. The molecular weight excluding hydrogens is 292 g/mol. The number of methoxy groups -OCH3 is 1. The summed E-state index contributed by atoms with van der Waals surface area (Å²) in [6.07, 6.45) is 5.65. The number of rotatable bonds is 2. The molecule has 0 amide bonds. The van der Waals surface area contributed by atoms with Gasteiger partial charge in [-0.2, -0.15) is 0 Å². The molecule has 1 aliphatic heterocycles. The van der Waals surface area contributed by atoms with Crippen molar-refractivity contribution in [3.63, 3.8) is 0 Å². The van der Waals surface area contributed by atoms with Crippen LogP contribution in [0.4, 0.5) is 0 Å². The Labute approximate surface area is 136 Å². The van der Waals surface area contributed by atoms with Crippen molar-refractivity contribution in [2.45, 2.75) is 65.1 Å². The third kappa shape index (κ3) is 2.46. The highest BCUT2D eigenvalue weighted by Crippen LogP contribution is 2.66. The summed E-state index contributed by atoms with van der Waals surface area (Å²) in [4.78, 5) is 11.8. The molecule has 1 saturated heterocycles. The lowest BCUT2D eigenvalue weighted by Crippen LogP contribution is -2.57. The zero-order valence-electron chi connectivity index (χ0n) is 14.9. The van der Waals surface area contributed by atoms with Gasteiger partial charge in [-0.05, 0) is 73.4 Å². The topological polar surface area (TPSA) is 35.5 Å². The predicted octanol–water partition coefficient (Wildman–Crippen LogP) is 4.23. The van der Waals surface area contributed by atoms with Gasteiger partial charge >= 0.3 is 5.97 Å². The van der Waals surface area contributed by atoms with Crippen molar-refractivity contribution in [1.29, 1.82) is 0 Å². The van der Waals surface area contributed by atoms with E-state index in [2.05, 4.69) is 26.9 Å². The van der Waals surface area contributed by atoms with E-state index in [1.165, 1.54) is 38.8 Å². The number of carbonyl (C=O) groups is 1. The Bertz CT molecular complexity index is 463. The van der Waals surface area contributed by atoms with Gasteiger partial charge in [0, 0.05) is 13.0 Å². The Morgan fingerprint density at radius 1 is 1.23 bits per heavy atom. The van der Waals surface area contributed by atoms with Gasteiger partial charge in [0.2, 0.25) is 0 Å². The zero-order valence-corrected chi connectivity index (χ0v) is 15.9. The maximum Gasteiger partial charge on any atom is 0.305 e. The molecule has 0 aromatic heterocycles. The summed E-state index contributed by atoms with van der Waals surface area (Å²) in [5.74, 6) is 2.00. The Balaban J connectivity index is 1.82. The minimum Gasteiger partial charge on any atom is -0.469 e. The molecule has 0 aromatic carbocycles. The molecule has 126 valence electrons. The summed E-state index contributed by atoms with van der Waals surface area (Å²) >= 11 is 0. The van der Waals surface area contributed by atoms with Crippen molar-refractivity contribution in [2.24, 2.45) is 28.6 Å². The molecule has 2 saturated carbocycles. The molecule has 3 nitrogen and oxygen atoms in total. The lowest BCUT2D eigenvalue weighted by atomic mass is 9.51. The predicted molar refractivity (Wildman–Crippen MR) is 90.0 cm³/mol. The number of fused-ring (bicyclic) bond motifs is 3. The van der Waals surface area contributed by atoms with Crippen LogP contribution in [0.15, 0.2) is 0 Å². The Morgan fingerprint density at radius 2 is 1.95 bits per heavy atom. The Morgan fingerprint density at radius 3 is 2.64 bits per heavy atom. The first-order valence-electron chi connectivity index (χ1n) is 8.92. The first kappa shape index (κ1) is 16.5. The fourth-order valence-electron chi connectivity index (χ4n) is 6.05. The van der Waals surface area contributed by atoms with Crippen molar-refractivity contribution in [2.75, 3.05) is 13.7 Å². The summed E-state index contributed by atoms with van der Waals surface area (Å²) in [6, 6.07) is 1.32. The number of carbonyl (C=O) groups excluding carboxylic acids is 1. The first-order chi connectivity index (χ1) is 10.2. The fraction of sp³-hybridized carbons (Fsp3) is 0.944. The van der Waals surface area contributed by atoms with Crippen molar-refractivity contribution in [3.05, 3.63) is 0 Å². The lowest BCUT2D eigenvalue weighted by molar-refractivity contribution is -0.144. The first-order valence-corrected chi connectivity index (χ1v) is 12.0. The maximum atomic E-state index is 11.8. The van der Waals surface area contributed by atoms with Gasteiger partial charge in [-0.25, -0.2) is 0 Å². The average molecular weight is 325 g/mol. The summed E-state index contributed by atoms with van der Waals surface area (Å²) in [5, 5.41) is 0. The average Bonchev–Trinajstić information content (AvgIpc) is 2.78. The molecule has 0 radical (unpaired) electrons. The molecule has 0 aromatic rings. The van der Waals surface area contributed by atoms with Crippen LogP contribution in [-0.2, 0) is 14.0 Å². The zero-order chi connectivity index (χ0) is 16.2. The van der Waals surface area contributed by atoms with E-state index in [1.807, 2.05) is 0 Å². The monoisotopic (exact) mass is 324 g/mol. The number of hydrogen-bond acceptors (Lipinski definition) is 3. The number of hydrogen-bond donors (Lipinski definition) is 0. The molecule has 0 bridgehead atoms. The summed E-state index contributed by atoms with van der Waals surface area (Å²) < 4.78 is 11.3. The number of ether oxygens (including phenoxy) is 1. The molecule has 1 heterocycles. The highest BCUT2D eigenvalue weighted by atomic mass is 28.4. The minimum atomic E-state index is -1.44. The second-order valence-corrected chi connectivity index (χ2v) is 13.3. The van der Waals surface area contributed by atoms with E-state index in [0.29, 0.717) is 29.1 Å². The van der Waals surface area contributed by atoms with Crippen molar-refractivity contribution < 1.29 is 14.0 Å². The van der Waals surface area contributed by atoms with Gasteiger partial charge in [0.25, 0.3) is 0 Å². The van der Waals surface area contributed by atoms with Gasteiger partial charge in [0.15, 0.2) is 8.32 Å². The van der Waals surface area contributed by atoms with Crippen molar-refractivity contribution in [3.8, 4) is 0 Å². The Hall–Kier alpha value is -0.353. The van der Waals surface area contributed by atoms with E-state index < -0.39 is 8.32 Å². The molecule has 2 aliphatic carbocycles. The van der Waals surface area contributed by atoms with Crippen LogP contribution in [0.1, 0.15) is 46.0 Å². The SMILES string of the molecule is COC(=O)C[C@H]1CC[C@@H]2[C@]1(C)CC[C@@H]1C[Si](C)(C)OC[C@]12C. The molecule has 0 unspecified atom stereocenters. The van der Waals surface area contributed by atoms with E-state index in [0.717, 1.165) is 12.5 Å². The van der Waals surface area contributed by atoms with Crippen LogP contribution < -0.4 is 0 Å². The Kier molecular flexibility index (Phi) is 4.00. The van der Waals surface area contributed by atoms with Crippen LogP contribution in [-0.4, -0.2) is 28.0 Å². The van der Waals surface area contributed by atoms with Crippen LogP contribution in [0.5, 0.6) is 0 Å². The van der Waals surface area contributed by atoms with Crippen molar-refractivity contribution >= 4 is 14.3 Å². The van der Waals surface area contributed by atoms with Gasteiger partial charge in [0.1, 0.15) is 0 Å². The van der Waals surface area contributed by atoms with Crippen LogP contribution >= 0.6 is 0 Å². The molecule has 5 atom stereocenters. The van der Waals surface area contributed by atoms with E-state index in [1.54, 1.807) is 0 Å². The van der Waals surface area contributed by atoms with E-state index in [4.69, 9.17) is 9.16 Å². The second kappa shape index (κ2) is 5.34. The number of esters is 1. The molecule has 3 fully saturated rings. The van der Waals surface area contributed by atoms with Crippen molar-refractivity contribution in [1.82, 2.24) is 0 Å². The quantitative estimate of drug-likeness (QED) is 0.563. The van der Waals surface area contributed by atoms with Gasteiger partial charge in [0.05, 0.1) is 7.11 Å². The van der Waals surface area contributed by atoms with Gasteiger partial charge in [-0.3, -0.25) is 4.79 Å². The van der Waals surface area contributed by atoms with E-state index in [9.17, 15) is 4.79 Å². The highest BCUT2D eigenvalue weighted by molar-refractivity contribution is 6.71. The maximum absolute atomic E-state index is 11.8. The van der Waals surface area contributed by atoms with Crippen LogP contribution in [0, 0.1) is 28.6 Å². The lowest BCUT2D eigenvalue weighted by Gasteiger charge is -2.59. The third-order valence-corrected chi connectivity index (χ3v) is 9.85. The summed E-state index contributed by atoms with van der Waals surface area (Å²) in [6.45, 7) is 10.6. The molecule has 3 aliphatic rings. The van der Waals surface area contributed by atoms with Crippen LogP contribution in [0.3, 0.4) is 0 Å². The van der Waals surface area contributed by atoms with Gasteiger partial charge in [-0.15, -0.1) is 0 Å². The van der Waals surface area contributed by atoms with E-state index in [-0.39, 0.29) is 5.97 Å². The van der Waals surface area contributed by atoms with Gasteiger partial charge < -0.3 is 9.16 Å². The fourth-order valence-corrected chi connectivity index (χ4v) is 8.73. The molecule has 22 heavy (non-hydrogen) atoms. The van der Waals surface area contributed by atoms with Crippen LogP contribution in [0.25, 0.3) is 0 Å². The molecule has 3 rings (SSSR count). The smallest absolute Gasteiger partial charge is 0.305 e.